The molecule has 0 amide bonds. The number of nitrogens with one attached hydrogen (secondary N) is 1. The molecule has 2 heterocycles. The highest BCUT2D eigenvalue weighted by Gasteiger charge is 2.12. The molecule has 2 aromatic heterocycles. The summed E-state index contributed by atoms with van der Waals surface area (Å²) in [5, 5.41) is 12.2. The first-order valence-electron chi connectivity index (χ1n) is 8.73. The highest BCUT2D eigenvalue weighted by molar-refractivity contribution is 7.91. The van der Waals surface area contributed by atoms with E-state index in [-0.39, 0.29) is 5.75 Å². The van der Waals surface area contributed by atoms with Crippen LogP contribution < -0.4 is 9.46 Å². The van der Waals surface area contributed by atoms with Crippen molar-refractivity contribution in [1.29, 1.82) is 0 Å². The first-order chi connectivity index (χ1) is 14.1. The fraction of sp³-hybridized carbons (Fsp3) is 0.0500. The van der Waals surface area contributed by atoms with Gasteiger partial charge in [0.25, 0.3) is 0 Å². The van der Waals surface area contributed by atoms with Crippen LogP contribution in [0.4, 0.5) is 5.69 Å². The van der Waals surface area contributed by atoms with Crippen LogP contribution >= 0.6 is 0 Å². The molecule has 0 spiro atoms. The SMILES string of the molecule is O=S(=O)(Cc1ccccc1)Nc1ccc(Oc2ccc(-n3cccn3)nn2)cc1. The molecule has 0 aliphatic heterocycles. The van der Waals surface area contributed by atoms with E-state index >= 15 is 0 Å². The van der Waals surface area contributed by atoms with E-state index in [1.165, 1.54) is 0 Å². The Morgan fingerprint density at radius 3 is 2.34 bits per heavy atom. The topological polar surface area (TPSA) is 99.0 Å². The van der Waals surface area contributed by atoms with E-state index in [2.05, 4.69) is 20.0 Å². The lowest BCUT2D eigenvalue weighted by atomic mass is 10.2. The van der Waals surface area contributed by atoms with Gasteiger partial charge < -0.3 is 4.74 Å². The van der Waals surface area contributed by atoms with Crippen LogP contribution in [0.1, 0.15) is 5.56 Å². The zero-order valence-electron chi connectivity index (χ0n) is 15.2. The third-order valence-electron chi connectivity index (χ3n) is 3.91. The molecule has 1 N–H and O–H groups in total. The highest BCUT2D eigenvalue weighted by Crippen LogP contribution is 2.22. The van der Waals surface area contributed by atoms with Gasteiger partial charge in [0, 0.05) is 24.1 Å². The minimum atomic E-state index is -3.51. The molecule has 29 heavy (non-hydrogen) atoms. The third kappa shape index (κ3) is 4.96. The maximum Gasteiger partial charge on any atom is 0.238 e. The van der Waals surface area contributed by atoms with E-state index < -0.39 is 10.0 Å². The molecule has 4 aromatic rings. The fourth-order valence-corrected chi connectivity index (χ4v) is 3.81. The van der Waals surface area contributed by atoms with E-state index in [1.54, 1.807) is 71.7 Å². The summed E-state index contributed by atoms with van der Waals surface area (Å²) in [6.07, 6.45) is 3.42. The number of ether oxygens (including phenoxy) is 1. The summed E-state index contributed by atoms with van der Waals surface area (Å²) in [7, 11) is -3.51. The smallest absolute Gasteiger partial charge is 0.238 e. The normalized spacial score (nSPS) is 11.2. The second-order valence-corrected chi connectivity index (χ2v) is 7.88. The summed E-state index contributed by atoms with van der Waals surface area (Å²) in [5.74, 6) is 1.31. The van der Waals surface area contributed by atoms with Crippen LogP contribution in [0.3, 0.4) is 0 Å². The molecule has 0 bridgehead atoms. The average Bonchev–Trinajstić information content (AvgIpc) is 3.25. The van der Waals surface area contributed by atoms with Gasteiger partial charge in [0.1, 0.15) is 5.75 Å². The number of benzene rings is 2. The van der Waals surface area contributed by atoms with Crippen molar-refractivity contribution < 1.29 is 13.2 Å². The van der Waals surface area contributed by atoms with Crippen LogP contribution in [0.15, 0.2) is 85.2 Å². The Hall–Kier alpha value is -3.72. The average molecular weight is 407 g/mol. The van der Waals surface area contributed by atoms with E-state index in [1.807, 2.05) is 18.2 Å². The van der Waals surface area contributed by atoms with Crippen LogP contribution in [0.2, 0.25) is 0 Å². The number of aromatic nitrogens is 4. The Morgan fingerprint density at radius 1 is 0.897 bits per heavy atom. The highest BCUT2D eigenvalue weighted by atomic mass is 32.2. The van der Waals surface area contributed by atoms with Crippen molar-refractivity contribution in [2.45, 2.75) is 5.75 Å². The fourth-order valence-electron chi connectivity index (χ4n) is 2.62. The zero-order valence-corrected chi connectivity index (χ0v) is 16.0. The van der Waals surface area contributed by atoms with Crippen LogP contribution in [-0.2, 0) is 15.8 Å². The van der Waals surface area contributed by atoms with E-state index in [0.29, 0.717) is 23.1 Å². The Morgan fingerprint density at radius 2 is 1.69 bits per heavy atom. The maximum atomic E-state index is 12.3. The molecule has 0 aliphatic carbocycles. The van der Waals surface area contributed by atoms with Crippen LogP contribution in [0, 0.1) is 0 Å². The van der Waals surface area contributed by atoms with Gasteiger partial charge in [-0.2, -0.15) is 5.10 Å². The Labute approximate surface area is 167 Å². The second-order valence-electron chi connectivity index (χ2n) is 6.15. The summed E-state index contributed by atoms with van der Waals surface area (Å²) in [4.78, 5) is 0. The summed E-state index contributed by atoms with van der Waals surface area (Å²) in [6, 6.07) is 20.8. The summed E-state index contributed by atoms with van der Waals surface area (Å²) in [6.45, 7) is 0. The van der Waals surface area contributed by atoms with Crippen molar-refractivity contribution in [2.24, 2.45) is 0 Å². The predicted molar refractivity (Wildman–Crippen MR) is 108 cm³/mol. The van der Waals surface area contributed by atoms with E-state index in [9.17, 15) is 8.42 Å². The molecule has 9 heteroatoms. The lowest BCUT2D eigenvalue weighted by molar-refractivity contribution is 0.454. The van der Waals surface area contributed by atoms with Gasteiger partial charge >= 0.3 is 0 Å². The number of rotatable bonds is 7. The molecule has 0 unspecified atom stereocenters. The molecular weight excluding hydrogens is 390 g/mol. The Balaban J connectivity index is 1.39. The number of hydrogen-bond acceptors (Lipinski definition) is 6. The first-order valence-corrected chi connectivity index (χ1v) is 10.4. The zero-order chi connectivity index (χ0) is 20.1. The molecule has 0 atom stereocenters. The lowest BCUT2D eigenvalue weighted by Gasteiger charge is -2.09. The van der Waals surface area contributed by atoms with Crippen molar-refractivity contribution in [3.63, 3.8) is 0 Å². The molecule has 146 valence electrons. The molecule has 2 aromatic carbocycles. The first kappa shape index (κ1) is 18.6. The maximum absolute atomic E-state index is 12.3. The minimum Gasteiger partial charge on any atom is -0.438 e. The second kappa shape index (κ2) is 8.11. The number of sulfonamides is 1. The lowest BCUT2D eigenvalue weighted by Crippen LogP contribution is -2.14. The summed E-state index contributed by atoms with van der Waals surface area (Å²) < 4.78 is 34.4. The monoisotopic (exact) mass is 407 g/mol. The third-order valence-corrected chi connectivity index (χ3v) is 5.17. The van der Waals surface area contributed by atoms with Gasteiger partial charge in [-0.15, -0.1) is 10.2 Å². The van der Waals surface area contributed by atoms with Gasteiger partial charge in [0.15, 0.2) is 5.82 Å². The quantitative estimate of drug-likeness (QED) is 0.504. The number of nitrogens with zero attached hydrogens (tertiary/aromatic N) is 4. The van der Waals surface area contributed by atoms with Crippen molar-refractivity contribution in [1.82, 2.24) is 20.0 Å². The molecule has 4 rings (SSSR count). The molecule has 0 aliphatic rings. The van der Waals surface area contributed by atoms with Gasteiger partial charge in [-0.25, -0.2) is 13.1 Å². The van der Waals surface area contributed by atoms with Gasteiger partial charge in [-0.1, -0.05) is 30.3 Å². The molecule has 0 radical (unpaired) electrons. The molecule has 0 saturated carbocycles. The Bertz CT molecular complexity index is 1160. The van der Waals surface area contributed by atoms with Crippen LogP contribution in [0.25, 0.3) is 5.82 Å². The largest absolute Gasteiger partial charge is 0.438 e. The van der Waals surface area contributed by atoms with Crippen molar-refractivity contribution in [3.8, 4) is 17.4 Å². The van der Waals surface area contributed by atoms with Crippen molar-refractivity contribution >= 4 is 15.7 Å². The van der Waals surface area contributed by atoms with Crippen LogP contribution in [0.5, 0.6) is 11.6 Å². The van der Waals surface area contributed by atoms with Crippen molar-refractivity contribution in [3.05, 3.63) is 90.8 Å². The number of anilines is 1. The predicted octanol–water partition coefficient (Wildman–Crippen LogP) is 3.40. The minimum absolute atomic E-state index is 0.0930. The Kier molecular flexibility index (Phi) is 5.21. The summed E-state index contributed by atoms with van der Waals surface area (Å²) in [5.41, 5.74) is 1.17. The van der Waals surface area contributed by atoms with E-state index in [0.717, 1.165) is 5.56 Å². The molecular formula is C20H17N5O3S. The number of hydrogen-bond donors (Lipinski definition) is 1. The van der Waals surface area contributed by atoms with Gasteiger partial charge in [-0.05, 0) is 42.0 Å². The van der Waals surface area contributed by atoms with Gasteiger partial charge in [0.05, 0.1) is 5.75 Å². The standard InChI is InChI=1S/C20H17N5O3S/c26-29(27,15-16-5-2-1-3-6-16)24-17-7-9-18(10-8-17)28-20-12-11-19(22-23-20)25-14-4-13-21-25/h1-14,24H,15H2. The molecule has 0 fully saturated rings. The summed E-state index contributed by atoms with van der Waals surface area (Å²) >= 11 is 0. The van der Waals surface area contributed by atoms with Gasteiger partial charge in [-0.3, -0.25) is 4.72 Å². The molecule has 0 saturated heterocycles. The molecule has 8 nitrogen and oxygen atoms in total. The van der Waals surface area contributed by atoms with E-state index in [4.69, 9.17) is 4.74 Å². The van der Waals surface area contributed by atoms with Crippen molar-refractivity contribution in [2.75, 3.05) is 4.72 Å². The van der Waals surface area contributed by atoms with Crippen LogP contribution in [-0.4, -0.2) is 28.4 Å². The van der Waals surface area contributed by atoms with Gasteiger partial charge in [0.2, 0.25) is 15.9 Å².